The summed E-state index contributed by atoms with van der Waals surface area (Å²) in [6, 6.07) is 6.51. The van der Waals surface area contributed by atoms with Crippen LogP contribution in [0.4, 0.5) is 5.69 Å². The molecule has 1 saturated carbocycles. The highest BCUT2D eigenvalue weighted by molar-refractivity contribution is 9.10. The van der Waals surface area contributed by atoms with Crippen LogP contribution in [-0.2, 0) is 6.54 Å². The van der Waals surface area contributed by atoms with E-state index in [1.165, 1.54) is 32.1 Å². The molecule has 6 heteroatoms. The second-order valence-electron chi connectivity index (χ2n) is 5.35. The molecule has 0 radical (unpaired) electrons. The summed E-state index contributed by atoms with van der Waals surface area (Å²) in [5, 5.41) is 9.03. The van der Waals surface area contributed by atoms with Gasteiger partial charge in [-0.3, -0.25) is 4.90 Å². The molecule has 1 aromatic carbocycles. The summed E-state index contributed by atoms with van der Waals surface area (Å²) in [5.74, 6) is 0. The molecule has 21 heavy (non-hydrogen) atoms. The molecule has 2 N–H and O–H groups in total. The third-order valence-electron chi connectivity index (χ3n) is 3.96. The molecule has 1 aliphatic rings. The molecule has 0 aromatic heterocycles. The lowest BCUT2D eigenvalue weighted by molar-refractivity contribution is 0.185. The number of rotatable bonds is 3. The Morgan fingerprint density at radius 1 is 1.29 bits per heavy atom. The first-order valence-electron chi connectivity index (χ1n) is 6.80. The smallest absolute Gasteiger partial charge is 0.0992 e. The predicted molar refractivity (Wildman–Crippen MR) is 96.1 cm³/mol. The zero-order valence-corrected chi connectivity index (χ0v) is 15.4. The van der Waals surface area contributed by atoms with Gasteiger partial charge in [0.25, 0.3) is 0 Å². The van der Waals surface area contributed by atoms with Gasteiger partial charge in [-0.15, -0.1) is 24.8 Å². The maximum atomic E-state index is 9.03. The first-order valence-corrected chi connectivity index (χ1v) is 7.59. The normalized spacial score (nSPS) is 15.0. The molecule has 0 amide bonds. The van der Waals surface area contributed by atoms with Crippen molar-refractivity contribution < 1.29 is 0 Å². The van der Waals surface area contributed by atoms with Gasteiger partial charge in [0.15, 0.2) is 0 Å². The number of nitrogen functional groups attached to an aromatic ring is 1. The van der Waals surface area contributed by atoms with Gasteiger partial charge < -0.3 is 5.73 Å². The van der Waals surface area contributed by atoms with Crippen LogP contribution in [0, 0.1) is 11.3 Å². The zero-order valence-electron chi connectivity index (χ0n) is 12.1. The number of nitrogens with zero attached hydrogens (tertiary/aromatic N) is 2. The average Bonchev–Trinajstić information content (AvgIpc) is 2.44. The number of anilines is 1. The van der Waals surface area contributed by atoms with Crippen molar-refractivity contribution in [1.29, 1.82) is 5.26 Å². The summed E-state index contributed by atoms with van der Waals surface area (Å²) in [6.45, 7) is 0.810. The summed E-state index contributed by atoms with van der Waals surface area (Å²) in [4.78, 5) is 2.37. The van der Waals surface area contributed by atoms with E-state index in [1.807, 2.05) is 6.07 Å². The second kappa shape index (κ2) is 9.53. The van der Waals surface area contributed by atoms with Crippen molar-refractivity contribution in [3.63, 3.8) is 0 Å². The van der Waals surface area contributed by atoms with E-state index in [-0.39, 0.29) is 24.8 Å². The van der Waals surface area contributed by atoms with Crippen LogP contribution in [0.25, 0.3) is 0 Å². The predicted octanol–water partition coefficient (Wildman–Crippen LogP) is 4.51. The Kier molecular flexibility index (Phi) is 9.31. The molecule has 0 heterocycles. The summed E-state index contributed by atoms with van der Waals surface area (Å²) in [5.41, 5.74) is 8.55. The molecule has 118 valence electrons. The molecular weight excluding hydrogens is 373 g/mol. The lowest BCUT2D eigenvalue weighted by Gasteiger charge is -2.31. The molecule has 1 aromatic rings. The average molecular weight is 395 g/mol. The van der Waals surface area contributed by atoms with Crippen LogP contribution in [0.3, 0.4) is 0 Å². The number of benzene rings is 1. The Labute approximate surface area is 147 Å². The zero-order chi connectivity index (χ0) is 13.8. The Morgan fingerprint density at radius 3 is 2.48 bits per heavy atom. The third kappa shape index (κ3) is 5.34. The van der Waals surface area contributed by atoms with Crippen molar-refractivity contribution in [3.05, 3.63) is 27.7 Å². The summed E-state index contributed by atoms with van der Waals surface area (Å²) in [7, 11) is 2.16. The number of nitriles is 1. The monoisotopic (exact) mass is 393 g/mol. The molecule has 0 atom stereocenters. The number of nitrogens with two attached hydrogens (primary N) is 1. The van der Waals surface area contributed by atoms with Crippen LogP contribution >= 0.6 is 40.7 Å². The van der Waals surface area contributed by atoms with Crippen molar-refractivity contribution in [2.45, 2.75) is 44.7 Å². The van der Waals surface area contributed by atoms with Gasteiger partial charge in [-0.1, -0.05) is 19.3 Å². The van der Waals surface area contributed by atoms with Crippen LogP contribution in [0.2, 0.25) is 0 Å². The standard InChI is InChI=1S/C15H20BrN3.2ClH/c1-19(13-5-3-2-4-6-13)10-12-7-11(9-17)8-14(16)15(12)18;;/h7-8,13H,2-6,10,18H2,1H3;2*1H. The molecule has 1 fully saturated rings. The first kappa shape index (κ1) is 20.5. The van der Waals surface area contributed by atoms with E-state index in [0.717, 1.165) is 22.3 Å². The molecule has 0 spiro atoms. The van der Waals surface area contributed by atoms with Crippen LogP contribution < -0.4 is 5.73 Å². The SMILES string of the molecule is CN(Cc1cc(C#N)cc(Br)c1N)C1CCCCC1.Cl.Cl. The van der Waals surface area contributed by atoms with E-state index < -0.39 is 0 Å². The fourth-order valence-electron chi connectivity index (χ4n) is 2.79. The maximum absolute atomic E-state index is 9.03. The number of halogens is 3. The van der Waals surface area contributed by atoms with Crippen molar-refractivity contribution >= 4 is 46.4 Å². The van der Waals surface area contributed by atoms with E-state index in [1.54, 1.807) is 6.07 Å². The van der Waals surface area contributed by atoms with E-state index in [2.05, 4.69) is 33.9 Å². The van der Waals surface area contributed by atoms with Crippen molar-refractivity contribution in [3.8, 4) is 6.07 Å². The van der Waals surface area contributed by atoms with Gasteiger partial charge in [-0.25, -0.2) is 0 Å². The van der Waals surface area contributed by atoms with Crippen LogP contribution in [0.5, 0.6) is 0 Å². The Morgan fingerprint density at radius 2 is 1.90 bits per heavy atom. The highest BCUT2D eigenvalue weighted by atomic mass is 79.9. The minimum atomic E-state index is 0. The summed E-state index contributed by atoms with van der Waals surface area (Å²) in [6.07, 6.45) is 6.56. The van der Waals surface area contributed by atoms with Crippen LogP contribution in [0.1, 0.15) is 43.2 Å². The molecule has 1 aliphatic carbocycles. The Hall–Kier alpha value is -0.470. The minimum absolute atomic E-state index is 0. The highest BCUT2D eigenvalue weighted by Gasteiger charge is 2.19. The molecule has 0 bridgehead atoms. The lowest BCUT2D eigenvalue weighted by atomic mass is 9.94. The summed E-state index contributed by atoms with van der Waals surface area (Å²) >= 11 is 3.43. The number of hydrogen-bond donors (Lipinski definition) is 1. The second-order valence-corrected chi connectivity index (χ2v) is 6.20. The lowest BCUT2D eigenvalue weighted by Crippen LogP contribution is -2.33. The van der Waals surface area contributed by atoms with Crippen LogP contribution in [0.15, 0.2) is 16.6 Å². The van der Waals surface area contributed by atoms with Gasteiger partial charge in [0.05, 0.1) is 17.3 Å². The van der Waals surface area contributed by atoms with Crippen molar-refractivity contribution in [2.24, 2.45) is 0 Å². The Balaban J connectivity index is 0.00000200. The molecule has 3 nitrogen and oxygen atoms in total. The quantitative estimate of drug-likeness (QED) is 0.767. The minimum Gasteiger partial charge on any atom is -0.398 e. The van der Waals surface area contributed by atoms with Crippen LogP contribution in [-0.4, -0.2) is 18.0 Å². The largest absolute Gasteiger partial charge is 0.398 e. The van der Waals surface area contributed by atoms with Gasteiger partial charge in [0.2, 0.25) is 0 Å². The fourth-order valence-corrected chi connectivity index (χ4v) is 3.29. The highest BCUT2D eigenvalue weighted by Crippen LogP contribution is 2.28. The third-order valence-corrected chi connectivity index (χ3v) is 4.62. The van der Waals surface area contributed by atoms with Gasteiger partial charge >= 0.3 is 0 Å². The van der Waals surface area contributed by atoms with E-state index in [9.17, 15) is 0 Å². The van der Waals surface area contributed by atoms with Crippen molar-refractivity contribution in [1.82, 2.24) is 4.90 Å². The van der Waals surface area contributed by atoms with Gasteiger partial charge in [-0.05, 0) is 53.5 Å². The van der Waals surface area contributed by atoms with E-state index >= 15 is 0 Å². The number of hydrogen-bond acceptors (Lipinski definition) is 3. The molecule has 0 aliphatic heterocycles. The van der Waals surface area contributed by atoms with Crippen molar-refractivity contribution in [2.75, 3.05) is 12.8 Å². The molecule has 2 rings (SSSR count). The van der Waals surface area contributed by atoms with E-state index in [4.69, 9.17) is 11.0 Å². The topological polar surface area (TPSA) is 53.0 Å². The van der Waals surface area contributed by atoms with Gasteiger partial charge in [0.1, 0.15) is 0 Å². The fraction of sp³-hybridized carbons (Fsp3) is 0.533. The van der Waals surface area contributed by atoms with Gasteiger partial charge in [-0.2, -0.15) is 5.26 Å². The maximum Gasteiger partial charge on any atom is 0.0992 e. The van der Waals surface area contributed by atoms with Gasteiger partial charge in [0, 0.05) is 17.1 Å². The molecular formula is C15H22BrCl2N3. The summed E-state index contributed by atoms with van der Waals surface area (Å²) < 4.78 is 0.818. The molecule has 0 saturated heterocycles. The van der Waals surface area contributed by atoms with E-state index in [0.29, 0.717) is 11.6 Å². The molecule has 0 unspecified atom stereocenters. The first-order chi connectivity index (χ1) is 9.11. The Bertz CT molecular complexity index is 496.